The highest BCUT2D eigenvalue weighted by Crippen LogP contribution is 2.29. The van der Waals surface area contributed by atoms with Crippen molar-refractivity contribution in [2.24, 2.45) is 5.92 Å². The molecule has 2 aromatic carbocycles. The van der Waals surface area contributed by atoms with Crippen LogP contribution < -0.4 is 19.7 Å². The van der Waals surface area contributed by atoms with Gasteiger partial charge in [-0.25, -0.2) is 8.42 Å². The molecule has 1 aliphatic rings. The zero-order valence-electron chi connectivity index (χ0n) is 19.4. The summed E-state index contributed by atoms with van der Waals surface area (Å²) in [6, 6.07) is 11.1. The van der Waals surface area contributed by atoms with Crippen LogP contribution in [0.2, 0.25) is 0 Å². The maximum Gasteiger partial charge on any atom is 0.241 e. The Morgan fingerprint density at radius 2 is 1.82 bits per heavy atom. The van der Waals surface area contributed by atoms with Crippen molar-refractivity contribution >= 4 is 27.5 Å². The van der Waals surface area contributed by atoms with Crippen molar-refractivity contribution in [2.45, 2.75) is 51.1 Å². The van der Waals surface area contributed by atoms with Gasteiger partial charge in [-0.05, 0) is 60.2 Å². The maximum atomic E-state index is 13.1. The van der Waals surface area contributed by atoms with Crippen molar-refractivity contribution in [1.82, 2.24) is 10.0 Å². The molecule has 0 fully saturated rings. The number of benzene rings is 2. The minimum absolute atomic E-state index is 0.0712. The van der Waals surface area contributed by atoms with Gasteiger partial charge in [-0.15, -0.1) is 0 Å². The van der Waals surface area contributed by atoms with E-state index in [-0.39, 0.29) is 23.3 Å². The number of methoxy groups -OCH3 is 1. The van der Waals surface area contributed by atoms with Crippen molar-refractivity contribution < 1.29 is 22.7 Å². The third-order valence-electron chi connectivity index (χ3n) is 5.72. The Morgan fingerprint density at radius 1 is 1.12 bits per heavy atom. The van der Waals surface area contributed by atoms with Crippen LogP contribution in [0.5, 0.6) is 5.75 Å². The van der Waals surface area contributed by atoms with Crippen LogP contribution in [0.15, 0.2) is 47.4 Å². The van der Waals surface area contributed by atoms with Crippen LogP contribution in [-0.2, 0) is 32.6 Å². The third-order valence-corrected chi connectivity index (χ3v) is 7.16. The summed E-state index contributed by atoms with van der Waals surface area (Å²) in [4.78, 5) is 26.5. The van der Waals surface area contributed by atoms with Gasteiger partial charge in [0.05, 0.1) is 12.0 Å². The summed E-state index contributed by atoms with van der Waals surface area (Å²) in [7, 11) is -2.36. The Labute approximate surface area is 195 Å². The van der Waals surface area contributed by atoms with Gasteiger partial charge in [-0.3, -0.25) is 9.59 Å². The van der Waals surface area contributed by atoms with Crippen molar-refractivity contribution in [1.29, 1.82) is 0 Å². The molecule has 0 unspecified atom stereocenters. The van der Waals surface area contributed by atoms with E-state index in [0.29, 0.717) is 13.0 Å². The normalized spacial score (nSPS) is 14.5. The zero-order chi connectivity index (χ0) is 24.2. The Morgan fingerprint density at radius 3 is 2.42 bits per heavy atom. The summed E-state index contributed by atoms with van der Waals surface area (Å²) >= 11 is 0. The number of aryl methyl sites for hydroxylation is 1. The van der Waals surface area contributed by atoms with Gasteiger partial charge in [0, 0.05) is 25.7 Å². The van der Waals surface area contributed by atoms with E-state index in [9.17, 15) is 18.0 Å². The highest BCUT2D eigenvalue weighted by molar-refractivity contribution is 7.89. The molecular formula is C24H31N3O5S. The number of sulfonamides is 1. The molecule has 1 heterocycles. The van der Waals surface area contributed by atoms with Gasteiger partial charge in [-0.1, -0.05) is 26.0 Å². The largest absolute Gasteiger partial charge is 0.497 e. The van der Waals surface area contributed by atoms with Gasteiger partial charge >= 0.3 is 0 Å². The lowest BCUT2D eigenvalue weighted by molar-refractivity contribution is -0.123. The third kappa shape index (κ3) is 5.91. The number of fused-ring (bicyclic) bond motifs is 1. The highest BCUT2D eigenvalue weighted by Gasteiger charge is 2.29. The molecule has 33 heavy (non-hydrogen) atoms. The van der Waals surface area contributed by atoms with E-state index in [1.165, 1.54) is 13.0 Å². The van der Waals surface area contributed by atoms with Crippen LogP contribution in [0.3, 0.4) is 0 Å². The van der Waals surface area contributed by atoms with E-state index < -0.39 is 22.0 Å². The number of rotatable bonds is 8. The quantitative estimate of drug-likeness (QED) is 0.613. The Bertz CT molecular complexity index is 1110. The van der Waals surface area contributed by atoms with E-state index in [4.69, 9.17) is 4.74 Å². The van der Waals surface area contributed by atoms with Gasteiger partial charge in [0.25, 0.3) is 0 Å². The van der Waals surface area contributed by atoms with Crippen molar-refractivity contribution in [3.05, 3.63) is 53.6 Å². The lowest BCUT2D eigenvalue weighted by Gasteiger charge is -2.29. The Balaban J connectivity index is 1.74. The smallest absolute Gasteiger partial charge is 0.241 e. The number of carbonyl (C=O) groups is 2. The number of nitrogens with zero attached hydrogens (tertiary/aromatic N) is 1. The van der Waals surface area contributed by atoms with Gasteiger partial charge in [-0.2, -0.15) is 4.72 Å². The summed E-state index contributed by atoms with van der Waals surface area (Å²) in [6.45, 7) is 5.97. The molecule has 3 rings (SSSR count). The number of ether oxygens (including phenoxy) is 1. The number of hydrogen-bond acceptors (Lipinski definition) is 5. The van der Waals surface area contributed by atoms with Crippen LogP contribution in [0.4, 0.5) is 5.69 Å². The minimum atomic E-state index is -3.94. The van der Waals surface area contributed by atoms with Crippen molar-refractivity contribution in [3.8, 4) is 5.75 Å². The van der Waals surface area contributed by atoms with Crippen LogP contribution in [0, 0.1) is 5.92 Å². The fourth-order valence-corrected chi connectivity index (χ4v) is 5.23. The molecule has 9 heteroatoms. The van der Waals surface area contributed by atoms with E-state index in [2.05, 4.69) is 10.0 Å². The molecule has 178 valence electrons. The molecule has 0 aliphatic carbocycles. The molecule has 0 radical (unpaired) electrons. The Kier molecular flexibility index (Phi) is 7.76. The highest BCUT2D eigenvalue weighted by atomic mass is 32.2. The van der Waals surface area contributed by atoms with Gasteiger partial charge in [0.1, 0.15) is 11.8 Å². The standard InChI is InChI=1S/C24H31N3O5S/c1-16(2)23(24(29)25-15-18-7-9-20(32-4)10-8-18)26-33(30,31)21-11-12-22-19(14-21)6-5-13-27(22)17(3)28/h7-12,14,16,23,26H,5-6,13,15H2,1-4H3,(H,25,29)/t23-/m1/s1. The lowest BCUT2D eigenvalue weighted by Crippen LogP contribution is -2.49. The number of nitrogens with one attached hydrogen (secondary N) is 2. The second kappa shape index (κ2) is 10.4. The van der Waals surface area contributed by atoms with Crippen LogP contribution in [0.25, 0.3) is 0 Å². The first-order chi connectivity index (χ1) is 15.6. The molecule has 8 nitrogen and oxygen atoms in total. The van der Waals surface area contributed by atoms with E-state index in [1.54, 1.807) is 50.1 Å². The average Bonchev–Trinajstić information content (AvgIpc) is 2.80. The molecule has 1 atom stereocenters. The molecule has 0 saturated heterocycles. The molecule has 2 amide bonds. The fraction of sp³-hybridized carbons (Fsp3) is 0.417. The number of carbonyl (C=O) groups excluding carboxylic acids is 2. The summed E-state index contributed by atoms with van der Waals surface area (Å²) in [5.41, 5.74) is 2.42. The summed E-state index contributed by atoms with van der Waals surface area (Å²) in [6.07, 6.45) is 1.46. The first-order valence-electron chi connectivity index (χ1n) is 11.0. The molecule has 0 spiro atoms. The van der Waals surface area contributed by atoms with Crippen LogP contribution in [0.1, 0.15) is 38.3 Å². The fourth-order valence-electron chi connectivity index (χ4n) is 3.84. The summed E-state index contributed by atoms with van der Waals surface area (Å²) < 4.78 is 33.9. The molecule has 0 bridgehead atoms. The average molecular weight is 474 g/mol. The lowest BCUT2D eigenvalue weighted by atomic mass is 10.0. The van der Waals surface area contributed by atoms with Crippen LogP contribution in [-0.4, -0.2) is 39.9 Å². The van der Waals surface area contributed by atoms with E-state index in [0.717, 1.165) is 29.0 Å². The molecule has 2 aromatic rings. The second-order valence-corrected chi connectivity index (χ2v) is 10.2. The van der Waals surface area contributed by atoms with Gasteiger partial charge < -0.3 is 15.0 Å². The van der Waals surface area contributed by atoms with E-state index in [1.807, 2.05) is 12.1 Å². The SMILES string of the molecule is COc1ccc(CNC(=O)[C@H](NS(=O)(=O)c2ccc3c(c2)CCCN3C(C)=O)C(C)C)cc1. The van der Waals surface area contributed by atoms with Gasteiger partial charge in [0.2, 0.25) is 21.8 Å². The first-order valence-corrected chi connectivity index (χ1v) is 12.4. The van der Waals surface area contributed by atoms with E-state index >= 15 is 0 Å². The number of hydrogen-bond donors (Lipinski definition) is 2. The minimum Gasteiger partial charge on any atom is -0.497 e. The first kappa shape index (κ1) is 24.7. The second-order valence-electron chi connectivity index (χ2n) is 8.47. The van der Waals surface area contributed by atoms with Crippen molar-refractivity contribution in [3.63, 3.8) is 0 Å². The molecule has 0 aromatic heterocycles. The predicted molar refractivity (Wildman–Crippen MR) is 127 cm³/mol. The van der Waals surface area contributed by atoms with Crippen molar-refractivity contribution in [2.75, 3.05) is 18.6 Å². The Hall–Kier alpha value is -2.91. The topological polar surface area (TPSA) is 105 Å². The molecular weight excluding hydrogens is 442 g/mol. The molecule has 0 saturated carbocycles. The monoisotopic (exact) mass is 473 g/mol. The summed E-state index contributed by atoms with van der Waals surface area (Å²) in [5, 5.41) is 2.81. The summed E-state index contributed by atoms with van der Waals surface area (Å²) in [5.74, 6) is -0.0148. The number of amides is 2. The van der Waals surface area contributed by atoms with Gasteiger partial charge in [0.15, 0.2) is 0 Å². The molecule has 1 aliphatic heterocycles. The maximum absolute atomic E-state index is 13.1. The molecule has 2 N–H and O–H groups in total. The zero-order valence-corrected chi connectivity index (χ0v) is 20.2. The number of anilines is 1. The van der Waals surface area contributed by atoms with Crippen LogP contribution >= 0.6 is 0 Å². The predicted octanol–water partition coefficient (Wildman–Crippen LogP) is 2.61.